The number of ether oxygens (including phenoxy) is 3. The fourth-order valence-corrected chi connectivity index (χ4v) is 8.34. The van der Waals surface area contributed by atoms with E-state index in [2.05, 4.69) is 25.2 Å². The van der Waals surface area contributed by atoms with Crippen molar-refractivity contribution in [1.82, 2.24) is 30.1 Å². The summed E-state index contributed by atoms with van der Waals surface area (Å²) < 4.78 is 63.2. The molecule has 5 heterocycles. The van der Waals surface area contributed by atoms with Gasteiger partial charge < -0.3 is 24.4 Å². The summed E-state index contributed by atoms with van der Waals surface area (Å²) in [7, 11) is 0. The van der Waals surface area contributed by atoms with Crippen LogP contribution in [0.1, 0.15) is 71.8 Å². The third kappa shape index (κ3) is 8.07. The molecule has 12 nitrogen and oxygen atoms in total. The van der Waals surface area contributed by atoms with Crippen LogP contribution in [0.15, 0.2) is 41.3 Å². The number of fused-ring (bicyclic) bond motifs is 3. The van der Waals surface area contributed by atoms with Crippen molar-refractivity contribution in [2.45, 2.75) is 95.5 Å². The van der Waals surface area contributed by atoms with Crippen LogP contribution < -0.4 is 15.6 Å². The van der Waals surface area contributed by atoms with Gasteiger partial charge in [-0.05, 0) is 95.2 Å². The van der Waals surface area contributed by atoms with E-state index in [4.69, 9.17) is 14.2 Å². The first kappa shape index (κ1) is 38.4. The van der Waals surface area contributed by atoms with Crippen molar-refractivity contribution >= 4 is 33.9 Å². The number of amides is 2. The van der Waals surface area contributed by atoms with Gasteiger partial charge in [0.1, 0.15) is 35.4 Å². The molecule has 0 radical (unpaired) electrons. The van der Waals surface area contributed by atoms with Crippen LogP contribution in [0, 0.1) is 11.6 Å². The number of piperidine rings is 1. The molecule has 3 aliphatic rings. The minimum Gasteiger partial charge on any atom is -0.463 e. The number of likely N-dealkylation sites (tertiary alicyclic amines) is 1. The second-order valence-electron chi connectivity index (χ2n) is 16.3. The first-order valence-electron chi connectivity index (χ1n) is 18.9. The Labute approximate surface area is 316 Å². The van der Waals surface area contributed by atoms with Crippen LogP contribution in [0.2, 0.25) is 0 Å². The molecular weight excluding hydrogens is 717 g/mol. The number of H-pyrrole nitrogens is 1. The Hall–Kier alpha value is -4.92. The summed E-state index contributed by atoms with van der Waals surface area (Å²) >= 11 is 0. The smallest absolute Gasteiger partial charge is 0.410 e. The number of aryl methyl sites for hydroxylation is 1. The monoisotopic (exact) mass is 764 g/mol. The SMILES string of the molecule is CC(C)(C)OC(=O)N1CCC[C@@](C)(NC(=O)OCCCc2c(F)ccc3cccc(-c4ncc5c(=O)[nH]c(OC[C@@]67CCCN6C[C@H](F)C7)nc5c4F)c23)C1. The number of alkyl carbamates (subject to hydrolysis) is 1. The molecule has 2 N–H and O–H groups in total. The summed E-state index contributed by atoms with van der Waals surface area (Å²) in [6, 6.07) is 7.87. The molecule has 3 saturated heterocycles. The summed E-state index contributed by atoms with van der Waals surface area (Å²) in [4.78, 5) is 53.4. The first-order chi connectivity index (χ1) is 26.1. The van der Waals surface area contributed by atoms with Gasteiger partial charge in [0.15, 0.2) is 5.82 Å². The lowest BCUT2D eigenvalue weighted by atomic mass is 9.91. The zero-order valence-electron chi connectivity index (χ0n) is 31.6. The normalized spacial score (nSPS) is 22.9. The van der Waals surface area contributed by atoms with Crippen molar-refractivity contribution in [3.05, 3.63) is 64.1 Å². The molecule has 0 saturated carbocycles. The number of nitrogens with zero attached hydrogens (tertiary/aromatic N) is 4. The second kappa shape index (κ2) is 15.0. The molecule has 2 aromatic heterocycles. The molecular formula is C40H47F3N6O6. The molecule has 2 aromatic carbocycles. The van der Waals surface area contributed by atoms with Crippen LogP contribution in [0.4, 0.5) is 22.8 Å². The van der Waals surface area contributed by atoms with E-state index < -0.39 is 52.2 Å². The standard InChI is InChI=1S/C40H47F3N6O6/c1-38(2,3)55-37(52)48-16-7-14-39(4,22-48)47-36(51)53-18-6-11-26-29(42)13-12-24-9-5-10-27(30(24)26)32-31(43)33-28(20-44-32)34(50)46-35(45-33)54-23-40-15-8-17-49(40)21-25(41)19-40/h5,9-10,12-13,20,25H,6-8,11,14-19,21-23H2,1-4H3,(H,47,51)(H,45,46,50)/t25-,39-,40+/m1/s1. The fraction of sp³-hybridized carbons (Fsp3) is 0.525. The number of nitrogens with one attached hydrogen (secondary N) is 2. The minimum absolute atomic E-state index is 0.0290. The van der Waals surface area contributed by atoms with Gasteiger partial charge in [0, 0.05) is 37.8 Å². The molecule has 3 fully saturated rings. The number of halogens is 3. The Morgan fingerprint density at radius 2 is 1.91 bits per heavy atom. The van der Waals surface area contributed by atoms with Crippen LogP contribution in [0.5, 0.6) is 6.01 Å². The molecule has 0 spiro atoms. The van der Waals surface area contributed by atoms with Gasteiger partial charge in [-0.1, -0.05) is 24.3 Å². The average molecular weight is 765 g/mol. The highest BCUT2D eigenvalue weighted by molar-refractivity contribution is 5.99. The van der Waals surface area contributed by atoms with Crippen LogP contribution in [-0.4, -0.2) is 99.2 Å². The maximum absolute atomic E-state index is 16.5. The maximum Gasteiger partial charge on any atom is 0.410 e. The number of alkyl halides is 1. The predicted molar refractivity (Wildman–Crippen MR) is 200 cm³/mol. The van der Waals surface area contributed by atoms with Gasteiger partial charge >= 0.3 is 12.2 Å². The van der Waals surface area contributed by atoms with Gasteiger partial charge in [0.25, 0.3) is 11.6 Å². The number of aromatic nitrogens is 3. The third-order valence-electron chi connectivity index (χ3n) is 10.8. The molecule has 55 heavy (non-hydrogen) atoms. The highest BCUT2D eigenvalue weighted by Gasteiger charge is 2.49. The number of aromatic amines is 1. The third-order valence-corrected chi connectivity index (χ3v) is 10.8. The van der Waals surface area contributed by atoms with E-state index >= 15 is 8.78 Å². The van der Waals surface area contributed by atoms with Crippen molar-refractivity contribution in [3.8, 4) is 17.3 Å². The minimum atomic E-state index is -0.962. The lowest BCUT2D eigenvalue weighted by Gasteiger charge is -2.40. The van der Waals surface area contributed by atoms with Crippen LogP contribution in [0.3, 0.4) is 0 Å². The topological polar surface area (TPSA) is 139 Å². The van der Waals surface area contributed by atoms with E-state index in [1.54, 1.807) is 49.9 Å². The van der Waals surface area contributed by atoms with Gasteiger partial charge in [-0.3, -0.25) is 19.7 Å². The van der Waals surface area contributed by atoms with E-state index in [9.17, 15) is 18.8 Å². The average Bonchev–Trinajstić information content (AvgIpc) is 3.65. The molecule has 4 aromatic rings. The molecule has 0 bridgehead atoms. The molecule has 0 unspecified atom stereocenters. The zero-order chi connectivity index (χ0) is 39.1. The van der Waals surface area contributed by atoms with E-state index in [0.29, 0.717) is 48.7 Å². The molecule has 2 amide bonds. The van der Waals surface area contributed by atoms with Gasteiger partial charge in [0.05, 0.1) is 23.1 Å². The van der Waals surface area contributed by atoms with Crippen molar-refractivity contribution in [2.75, 3.05) is 39.4 Å². The van der Waals surface area contributed by atoms with Crippen molar-refractivity contribution in [3.63, 3.8) is 0 Å². The quantitative estimate of drug-likeness (QED) is 0.176. The number of benzene rings is 2. The summed E-state index contributed by atoms with van der Waals surface area (Å²) in [6.07, 6.45) is 2.88. The van der Waals surface area contributed by atoms with Crippen LogP contribution in [-0.2, 0) is 15.9 Å². The zero-order valence-corrected chi connectivity index (χ0v) is 31.6. The highest BCUT2D eigenvalue weighted by atomic mass is 19.1. The van der Waals surface area contributed by atoms with Gasteiger partial charge in [-0.25, -0.2) is 22.8 Å². The van der Waals surface area contributed by atoms with E-state index in [1.165, 1.54) is 12.3 Å². The summed E-state index contributed by atoms with van der Waals surface area (Å²) in [5.41, 5.74) is -2.29. The molecule has 3 atom stereocenters. The fourth-order valence-electron chi connectivity index (χ4n) is 8.34. The second-order valence-corrected chi connectivity index (χ2v) is 16.3. The lowest BCUT2D eigenvalue weighted by molar-refractivity contribution is 0.0118. The predicted octanol–water partition coefficient (Wildman–Crippen LogP) is 6.82. The van der Waals surface area contributed by atoms with Crippen LogP contribution >= 0.6 is 0 Å². The number of carbonyl (C=O) groups excluding carboxylic acids is 2. The first-order valence-corrected chi connectivity index (χ1v) is 18.9. The number of hydrogen-bond acceptors (Lipinski definition) is 9. The number of rotatable bonds is 9. The Morgan fingerprint density at radius 1 is 1.11 bits per heavy atom. The summed E-state index contributed by atoms with van der Waals surface area (Å²) in [5, 5.41) is 3.87. The molecule has 294 valence electrons. The highest BCUT2D eigenvalue weighted by Crippen LogP contribution is 2.40. The summed E-state index contributed by atoms with van der Waals surface area (Å²) in [6.45, 7) is 9.19. The van der Waals surface area contributed by atoms with E-state index in [-0.39, 0.29) is 60.8 Å². The maximum atomic E-state index is 16.5. The molecule has 0 aliphatic carbocycles. The van der Waals surface area contributed by atoms with Gasteiger partial charge in [-0.2, -0.15) is 4.98 Å². The van der Waals surface area contributed by atoms with Gasteiger partial charge in [0.2, 0.25) is 0 Å². The van der Waals surface area contributed by atoms with Crippen molar-refractivity contribution < 1.29 is 37.0 Å². The Kier molecular flexibility index (Phi) is 10.4. The Balaban J connectivity index is 1.06. The van der Waals surface area contributed by atoms with Gasteiger partial charge in [-0.15, -0.1) is 0 Å². The molecule has 3 aliphatic heterocycles. The number of hydrogen-bond donors (Lipinski definition) is 2. The summed E-state index contributed by atoms with van der Waals surface area (Å²) in [5.74, 6) is -1.39. The Morgan fingerprint density at radius 3 is 2.71 bits per heavy atom. The largest absolute Gasteiger partial charge is 0.463 e. The van der Waals surface area contributed by atoms with Crippen molar-refractivity contribution in [2.24, 2.45) is 0 Å². The van der Waals surface area contributed by atoms with Crippen molar-refractivity contribution in [1.29, 1.82) is 0 Å². The Bertz CT molecular complexity index is 2180. The van der Waals surface area contributed by atoms with E-state index in [1.807, 2.05) is 6.92 Å². The number of carbonyl (C=O) groups is 2. The number of pyridine rings is 1. The van der Waals surface area contributed by atoms with Crippen LogP contribution in [0.25, 0.3) is 32.9 Å². The molecule has 7 rings (SSSR count). The van der Waals surface area contributed by atoms with E-state index in [0.717, 1.165) is 19.4 Å². The lowest BCUT2D eigenvalue weighted by Crippen LogP contribution is -2.58. The molecule has 15 heteroatoms.